The predicted octanol–water partition coefficient (Wildman–Crippen LogP) is 2.10. The van der Waals surface area contributed by atoms with Crippen LogP contribution in [-0.4, -0.2) is 41.1 Å². The van der Waals surface area contributed by atoms with Crippen LogP contribution in [0.2, 0.25) is 0 Å². The summed E-state index contributed by atoms with van der Waals surface area (Å²) in [5, 5.41) is 12.3. The lowest BCUT2D eigenvalue weighted by Gasteiger charge is -2.33. The molecule has 1 unspecified atom stereocenters. The topological polar surface area (TPSA) is 52.6 Å². The Morgan fingerprint density at radius 1 is 1.35 bits per heavy atom. The standard InChI is InChI=1S/C16H24N2O2/c1-2-15(16(19)20)17-14-8-10-18(11-9-14)12-13-6-4-3-5-7-13/h3-7,14-15,17H,2,8-12H2,1H3,(H,19,20). The van der Waals surface area contributed by atoms with Gasteiger partial charge in [0.15, 0.2) is 0 Å². The number of hydrogen-bond acceptors (Lipinski definition) is 3. The molecule has 0 radical (unpaired) electrons. The van der Waals surface area contributed by atoms with Crippen LogP contribution >= 0.6 is 0 Å². The molecule has 0 bridgehead atoms. The Morgan fingerprint density at radius 2 is 2.00 bits per heavy atom. The minimum Gasteiger partial charge on any atom is -0.480 e. The quantitative estimate of drug-likeness (QED) is 0.835. The molecule has 0 saturated carbocycles. The van der Waals surface area contributed by atoms with Crippen LogP contribution in [-0.2, 0) is 11.3 Å². The van der Waals surface area contributed by atoms with Crippen molar-refractivity contribution in [3.05, 3.63) is 35.9 Å². The van der Waals surface area contributed by atoms with E-state index >= 15 is 0 Å². The van der Waals surface area contributed by atoms with Crippen LogP contribution in [0.5, 0.6) is 0 Å². The summed E-state index contributed by atoms with van der Waals surface area (Å²) < 4.78 is 0. The van der Waals surface area contributed by atoms with Crippen molar-refractivity contribution in [3.8, 4) is 0 Å². The van der Waals surface area contributed by atoms with Gasteiger partial charge in [-0.15, -0.1) is 0 Å². The van der Waals surface area contributed by atoms with Crippen molar-refractivity contribution >= 4 is 5.97 Å². The average Bonchev–Trinajstić information content (AvgIpc) is 2.47. The van der Waals surface area contributed by atoms with E-state index in [-0.39, 0.29) is 0 Å². The second-order valence-electron chi connectivity index (χ2n) is 5.50. The van der Waals surface area contributed by atoms with Gasteiger partial charge in [0.2, 0.25) is 0 Å². The highest BCUT2D eigenvalue weighted by molar-refractivity contribution is 5.73. The van der Waals surface area contributed by atoms with Crippen LogP contribution in [0.25, 0.3) is 0 Å². The summed E-state index contributed by atoms with van der Waals surface area (Å²) >= 11 is 0. The zero-order valence-electron chi connectivity index (χ0n) is 12.1. The maximum atomic E-state index is 11.0. The van der Waals surface area contributed by atoms with Gasteiger partial charge in [0.1, 0.15) is 6.04 Å². The number of carboxylic acid groups (broad SMARTS) is 1. The van der Waals surface area contributed by atoms with Crippen LogP contribution in [0.15, 0.2) is 30.3 Å². The van der Waals surface area contributed by atoms with Gasteiger partial charge in [-0.2, -0.15) is 0 Å². The highest BCUT2D eigenvalue weighted by Crippen LogP contribution is 2.14. The van der Waals surface area contributed by atoms with Crippen molar-refractivity contribution in [2.45, 2.75) is 44.8 Å². The molecule has 1 atom stereocenters. The molecule has 1 saturated heterocycles. The first-order chi connectivity index (χ1) is 9.69. The van der Waals surface area contributed by atoms with Crippen molar-refractivity contribution < 1.29 is 9.90 Å². The monoisotopic (exact) mass is 276 g/mol. The van der Waals surface area contributed by atoms with E-state index in [4.69, 9.17) is 5.11 Å². The van der Waals surface area contributed by atoms with E-state index < -0.39 is 12.0 Å². The number of nitrogens with one attached hydrogen (secondary N) is 1. The summed E-state index contributed by atoms with van der Waals surface area (Å²) in [6.07, 6.45) is 2.69. The second kappa shape index (κ2) is 7.41. The summed E-state index contributed by atoms with van der Waals surface area (Å²) in [7, 11) is 0. The van der Waals surface area contributed by atoms with Crippen molar-refractivity contribution in [1.29, 1.82) is 0 Å². The van der Waals surface area contributed by atoms with Gasteiger partial charge in [0, 0.05) is 12.6 Å². The van der Waals surface area contributed by atoms with Gasteiger partial charge in [-0.1, -0.05) is 37.3 Å². The number of nitrogens with zero attached hydrogens (tertiary/aromatic N) is 1. The predicted molar refractivity (Wildman–Crippen MR) is 79.6 cm³/mol. The minimum absolute atomic E-state index is 0.336. The Bertz CT molecular complexity index is 414. The lowest BCUT2D eigenvalue weighted by atomic mass is 10.0. The molecule has 2 N–H and O–H groups in total. The third-order valence-electron chi connectivity index (χ3n) is 3.98. The number of carboxylic acids is 1. The van der Waals surface area contributed by atoms with Crippen LogP contribution in [0, 0.1) is 0 Å². The lowest BCUT2D eigenvalue weighted by Crippen LogP contribution is -2.48. The number of piperidine rings is 1. The van der Waals surface area contributed by atoms with Gasteiger partial charge >= 0.3 is 5.97 Å². The van der Waals surface area contributed by atoms with E-state index in [0.29, 0.717) is 12.5 Å². The van der Waals surface area contributed by atoms with Gasteiger partial charge in [0.05, 0.1) is 0 Å². The summed E-state index contributed by atoms with van der Waals surface area (Å²) in [5.41, 5.74) is 1.34. The molecule has 1 heterocycles. The van der Waals surface area contributed by atoms with Gasteiger partial charge in [-0.25, -0.2) is 0 Å². The molecule has 0 spiro atoms. The fourth-order valence-electron chi connectivity index (χ4n) is 2.75. The Hall–Kier alpha value is -1.39. The molecule has 0 aromatic heterocycles. The number of benzene rings is 1. The van der Waals surface area contributed by atoms with E-state index in [0.717, 1.165) is 32.5 Å². The van der Waals surface area contributed by atoms with Crippen molar-refractivity contribution in [2.75, 3.05) is 13.1 Å². The van der Waals surface area contributed by atoms with Gasteiger partial charge < -0.3 is 10.4 Å². The van der Waals surface area contributed by atoms with E-state index in [1.54, 1.807) is 0 Å². The van der Waals surface area contributed by atoms with E-state index in [1.807, 2.05) is 13.0 Å². The first kappa shape index (κ1) is 15.0. The molecular formula is C16H24N2O2. The molecule has 1 aromatic rings. The lowest BCUT2D eigenvalue weighted by molar-refractivity contribution is -0.139. The average molecular weight is 276 g/mol. The summed E-state index contributed by atoms with van der Waals surface area (Å²) in [4.78, 5) is 13.5. The molecule has 4 nitrogen and oxygen atoms in total. The fourth-order valence-corrected chi connectivity index (χ4v) is 2.75. The van der Waals surface area contributed by atoms with Crippen LogP contribution < -0.4 is 5.32 Å². The molecule has 4 heteroatoms. The van der Waals surface area contributed by atoms with Crippen LogP contribution in [0.3, 0.4) is 0 Å². The Balaban J connectivity index is 1.76. The third-order valence-corrected chi connectivity index (χ3v) is 3.98. The molecular weight excluding hydrogens is 252 g/mol. The molecule has 0 aliphatic carbocycles. The Kier molecular flexibility index (Phi) is 5.56. The first-order valence-electron chi connectivity index (χ1n) is 7.44. The first-order valence-corrected chi connectivity index (χ1v) is 7.44. The summed E-state index contributed by atoms with van der Waals surface area (Å²) in [6, 6.07) is 10.4. The van der Waals surface area contributed by atoms with Crippen molar-refractivity contribution in [3.63, 3.8) is 0 Å². The number of rotatable bonds is 6. The highest BCUT2D eigenvalue weighted by atomic mass is 16.4. The zero-order chi connectivity index (χ0) is 14.4. The van der Waals surface area contributed by atoms with Crippen LogP contribution in [0.4, 0.5) is 0 Å². The zero-order valence-corrected chi connectivity index (χ0v) is 12.1. The van der Waals surface area contributed by atoms with E-state index in [9.17, 15) is 4.79 Å². The SMILES string of the molecule is CCC(NC1CCN(Cc2ccccc2)CC1)C(=O)O. The molecule has 0 amide bonds. The molecule has 1 aromatic carbocycles. The van der Waals surface area contributed by atoms with E-state index in [2.05, 4.69) is 34.5 Å². The van der Waals surface area contributed by atoms with Gasteiger partial charge in [-0.05, 0) is 37.9 Å². The second-order valence-corrected chi connectivity index (χ2v) is 5.50. The Labute approximate surface area is 120 Å². The largest absolute Gasteiger partial charge is 0.480 e. The summed E-state index contributed by atoms with van der Waals surface area (Å²) in [6.45, 7) is 4.96. The van der Waals surface area contributed by atoms with Crippen molar-refractivity contribution in [1.82, 2.24) is 10.2 Å². The van der Waals surface area contributed by atoms with Crippen LogP contribution in [0.1, 0.15) is 31.7 Å². The maximum Gasteiger partial charge on any atom is 0.320 e. The smallest absolute Gasteiger partial charge is 0.320 e. The number of carbonyl (C=O) groups is 1. The number of aliphatic carboxylic acids is 1. The fraction of sp³-hybridized carbons (Fsp3) is 0.562. The normalized spacial score (nSPS) is 18.9. The van der Waals surface area contributed by atoms with Gasteiger partial charge in [-0.3, -0.25) is 9.69 Å². The van der Waals surface area contributed by atoms with Crippen molar-refractivity contribution in [2.24, 2.45) is 0 Å². The maximum absolute atomic E-state index is 11.0. The number of likely N-dealkylation sites (tertiary alicyclic amines) is 1. The molecule has 1 aliphatic rings. The molecule has 1 fully saturated rings. The Morgan fingerprint density at radius 3 is 2.55 bits per heavy atom. The number of hydrogen-bond donors (Lipinski definition) is 2. The van der Waals surface area contributed by atoms with E-state index in [1.165, 1.54) is 5.56 Å². The highest BCUT2D eigenvalue weighted by Gasteiger charge is 2.23. The third kappa shape index (κ3) is 4.32. The summed E-state index contributed by atoms with van der Waals surface area (Å²) in [5.74, 6) is -0.737. The molecule has 20 heavy (non-hydrogen) atoms. The molecule has 1 aliphatic heterocycles. The molecule has 2 rings (SSSR count). The molecule has 110 valence electrons. The minimum atomic E-state index is -0.737. The van der Waals surface area contributed by atoms with Gasteiger partial charge in [0.25, 0.3) is 0 Å².